The Morgan fingerprint density at radius 3 is 2.80 bits per heavy atom. The molecule has 1 atom stereocenters. The van der Waals surface area contributed by atoms with Crippen LogP contribution in [-0.2, 0) is 6.42 Å². The van der Waals surface area contributed by atoms with Crippen molar-refractivity contribution >= 4 is 5.78 Å². The number of rotatable bonds is 6. The van der Waals surface area contributed by atoms with E-state index in [0.717, 1.165) is 30.6 Å². The topological polar surface area (TPSA) is 30.2 Å². The van der Waals surface area contributed by atoms with E-state index in [2.05, 4.69) is 13.8 Å². The average molecular weight is 208 g/mol. The lowest BCUT2D eigenvalue weighted by molar-refractivity contribution is 0.0960. The molecule has 0 aliphatic heterocycles. The van der Waals surface area contributed by atoms with Crippen LogP contribution in [0.25, 0.3) is 0 Å². The van der Waals surface area contributed by atoms with Crippen LogP contribution in [-0.4, -0.2) is 5.78 Å². The molecular weight excluding hydrogens is 188 g/mol. The van der Waals surface area contributed by atoms with E-state index in [1.54, 1.807) is 12.3 Å². The molecule has 1 aromatic rings. The lowest BCUT2D eigenvalue weighted by atomic mass is 9.96. The lowest BCUT2D eigenvalue weighted by Crippen LogP contribution is -2.06. The standard InChI is InChI=1S/C13H20O2/c1-4-6-10(3)9-12(14)11-7-8-15-13(11)5-2/h7-8,10H,4-6,9H2,1-3H3. The molecule has 1 heterocycles. The predicted molar refractivity (Wildman–Crippen MR) is 61.1 cm³/mol. The first kappa shape index (κ1) is 12.0. The molecule has 1 aromatic heterocycles. The molecule has 0 fully saturated rings. The third-order valence-electron chi connectivity index (χ3n) is 2.68. The number of furan rings is 1. The van der Waals surface area contributed by atoms with E-state index < -0.39 is 0 Å². The Bertz CT molecular complexity index is 312. The van der Waals surface area contributed by atoms with Crippen molar-refractivity contribution in [2.45, 2.75) is 46.5 Å². The van der Waals surface area contributed by atoms with Crippen molar-refractivity contribution < 1.29 is 9.21 Å². The van der Waals surface area contributed by atoms with Crippen LogP contribution in [0, 0.1) is 5.92 Å². The smallest absolute Gasteiger partial charge is 0.166 e. The van der Waals surface area contributed by atoms with Crippen molar-refractivity contribution in [1.82, 2.24) is 0 Å². The summed E-state index contributed by atoms with van der Waals surface area (Å²) in [6.45, 7) is 6.29. The Morgan fingerprint density at radius 1 is 1.47 bits per heavy atom. The van der Waals surface area contributed by atoms with E-state index >= 15 is 0 Å². The second-order valence-corrected chi connectivity index (χ2v) is 4.13. The van der Waals surface area contributed by atoms with Crippen LogP contribution in [0.2, 0.25) is 0 Å². The van der Waals surface area contributed by atoms with Crippen LogP contribution < -0.4 is 0 Å². The van der Waals surface area contributed by atoms with Crippen molar-refractivity contribution in [3.8, 4) is 0 Å². The molecule has 1 unspecified atom stereocenters. The minimum atomic E-state index is 0.224. The number of Topliss-reactive ketones (excluding diaryl/α,β-unsaturated/α-hetero) is 1. The van der Waals surface area contributed by atoms with E-state index in [0.29, 0.717) is 12.3 Å². The van der Waals surface area contributed by atoms with Crippen LogP contribution in [0.5, 0.6) is 0 Å². The minimum Gasteiger partial charge on any atom is -0.469 e. The first-order valence-electron chi connectivity index (χ1n) is 5.78. The van der Waals surface area contributed by atoms with Crippen molar-refractivity contribution in [3.05, 3.63) is 23.7 Å². The third kappa shape index (κ3) is 3.22. The quantitative estimate of drug-likeness (QED) is 0.665. The van der Waals surface area contributed by atoms with Gasteiger partial charge in [0.1, 0.15) is 5.76 Å². The van der Waals surface area contributed by atoms with Gasteiger partial charge >= 0.3 is 0 Å². The van der Waals surface area contributed by atoms with Gasteiger partial charge in [-0.05, 0) is 12.0 Å². The number of hydrogen-bond donors (Lipinski definition) is 0. The fourth-order valence-electron chi connectivity index (χ4n) is 1.88. The first-order chi connectivity index (χ1) is 7.19. The normalized spacial score (nSPS) is 12.7. The summed E-state index contributed by atoms with van der Waals surface area (Å²) in [4.78, 5) is 11.9. The molecular formula is C13H20O2. The van der Waals surface area contributed by atoms with Gasteiger partial charge in [0.15, 0.2) is 5.78 Å². The van der Waals surface area contributed by atoms with Gasteiger partial charge in [-0.3, -0.25) is 4.79 Å². The summed E-state index contributed by atoms with van der Waals surface area (Å²) in [5, 5.41) is 0. The molecule has 1 rings (SSSR count). The number of aryl methyl sites for hydroxylation is 1. The van der Waals surface area contributed by atoms with Crippen molar-refractivity contribution in [3.63, 3.8) is 0 Å². The highest BCUT2D eigenvalue weighted by Crippen LogP contribution is 2.18. The van der Waals surface area contributed by atoms with E-state index in [1.807, 2.05) is 6.92 Å². The summed E-state index contributed by atoms with van der Waals surface area (Å²) in [6, 6.07) is 1.79. The summed E-state index contributed by atoms with van der Waals surface area (Å²) in [7, 11) is 0. The Morgan fingerprint density at radius 2 is 2.20 bits per heavy atom. The largest absolute Gasteiger partial charge is 0.469 e. The molecule has 0 aliphatic carbocycles. The van der Waals surface area contributed by atoms with Crippen LogP contribution in [0.4, 0.5) is 0 Å². The van der Waals surface area contributed by atoms with Crippen LogP contribution >= 0.6 is 0 Å². The molecule has 0 amide bonds. The molecule has 0 bridgehead atoms. The first-order valence-corrected chi connectivity index (χ1v) is 5.78. The molecule has 84 valence electrons. The highest BCUT2D eigenvalue weighted by molar-refractivity contribution is 5.97. The van der Waals surface area contributed by atoms with Crippen LogP contribution in [0.3, 0.4) is 0 Å². The Balaban J connectivity index is 2.61. The molecule has 0 radical (unpaired) electrons. The highest BCUT2D eigenvalue weighted by atomic mass is 16.3. The summed E-state index contributed by atoms with van der Waals surface area (Å²) in [5.41, 5.74) is 0.778. The number of carbonyl (C=O) groups excluding carboxylic acids is 1. The summed E-state index contributed by atoms with van der Waals surface area (Å²) >= 11 is 0. The van der Waals surface area contributed by atoms with Crippen LogP contribution in [0.15, 0.2) is 16.7 Å². The third-order valence-corrected chi connectivity index (χ3v) is 2.68. The summed E-state index contributed by atoms with van der Waals surface area (Å²) in [5.74, 6) is 1.52. The van der Waals surface area contributed by atoms with Gasteiger partial charge < -0.3 is 4.42 Å². The maximum atomic E-state index is 11.9. The molecule has 0 saturated carbocycles. The fraction of sp³-hybridized carbons (Fsp3) is 0.615. The van der Waals surface area contributed by atoms with E-state index in [4.69, 9.17) is 4.42 Å². The second kappa shape index (κ2) is 5.74. The Hall–Kier alpha value is -1.05. The molecule has 0 N–H and O–H groups in total. The van der Waals surface area contributed by atoms with Gasteiger partial charge in [-0.2, -0.15) is 0 Å². The molecule has 0 spiro atoms. The predicted octanol–water partition coefficient (Wildman–Crippen LogP) is 3.85. The Labute approximate surface area is 91.7 Å². The molecule has 0 aliphatic rings. The maximum absolute atomic E-state index is 11.9. The number of ketones is 1. The zero-order valence-corrected chi connectivity index (χ0v) is 9.88. The van der Waals surface area contributed by atoms with Gasteiger partial charge in [-0.25, -0.2) is 0 Å². The zero-order chi connectivity index (χ0) is 11.3. The SMILES string of the molecule is CCCC(C)CC(=O)c1ccoc1CC. The molecule has 2 nitrogen and oxygen atoms in total. The van der Waals surface area contributed by atoms with E-state index in [1.165, 1.54) is 0 Å². The minimum absolute atomic E-state index is 0.224. The highest BCUT2D eigenvalue weighted by Gasteiger charge is 2.15. The number of carbonyl (C=O) groups is 1. The van der Waals surface area contributed by atoms with Gasteiger partial charge in [0.2, 0.25) is 0 Å². The monoisotopic (exact) mass is 208 g/mol. The molecule has 2 heteroatoms. The summed E-state index contributed by atoms with van der Waals surface area (Å²) in [6.07, 6.45) is 5.29. The van der Waals surface area contributed by atoms with E-state index in [9.17, 15) is 4.79 Å². The zero-order valence-electron chi connectivity index (χ0n) is 9.88. The van der Waals surface area contributed by atoms with Crippen molar-refractivity contribution in [1.29, 1.82) is 0 Å². The molecule has 15 heavy (non-hydrogen) atoms. The molecule has 0 saturated heterocycles. The van der Waals surface area contributed by atoms with Crippen molar-refractivity contribution in [2.24, 2.45) is 5.92 Å². The fourth-order valence-corrected chi connectivity index (χ4v) is 1.88. The average Bonchev–Trinajstić information content (AvgIpc) is 2.65. The van der Waals surface area contributed by atoms with Gasteiger partial charge in [-0.1, -0.05) is 33.6 Å². The van der Waals surface area contributed by atoms with E-state index in [-0.39, 0.29) is 5.78 Å². The number of hydrogen-bond acceptors (Lipinski definition) is 2. The lowest BCUT2D eigenvalue weighted by Gasteiger charge is -2.08. The van der Waals surface area contributed by atoms with Crippen molar-refractivity contribution in [2.75, 3.05) is 0 Å². The maximum Gasteiger partial charge on any atom is 0.166 e. The van der Waals surface area contributed by atoms with Gasteiger partial charge in [-0.15, -0.1) is 0 Å². The van der Waals surface area contributed by atoms with Gasteiger partial charge in [0, 0.05) is 12.8 Å². The van der Waals surface area contributed by atoms with Gasteiger partial charge in [0.25, 0.3) is 0 Å². The van der Waals surface area contributed by atoms with Gasteiger partial charge in [0.05, 0.1) is 11.8 Å². The molecule has 0 aromatic carbocycles. The Kier molecular flexibility index (Phi) is 4.60. The summed E-state index contributed by atoms with van der Waals surface area (Å²) < 4.78 is 5.26. The van der Waals surface area contributed by atoms with Crippen LogP contribution in [0.1, 0.15) is 56.2 Å². The second-order valence-electron chi connectivity index (χ2n) is 4.13.